The van der Waals surface area contributed by atoms with Crippen LogP contribution in [0.15, 0.2) is 42.5 Å². The number of nitrogens with one attached hydrogen (secondary N) is 1. The maximum atomic E-state index is 13.4. The maximum Gasteiger partial charge on any atom is 0.251 e. The molecule has 2 rings (SSSR count). The Balaban J connectivity index is 1.96. The van der Waals surface area contributed by atoms with Gasteiger partial charge in [-0.2, -0.15) is 0 Å². The summed E-state index contributed by atoms with van der Waals surface area (Å²) in [5, 5.41) is 2.78. The summed E-state index contributed by atoms with van der Waals surface area (Å²) >= 11 is 0. The van der Waals surface area contributed by atoms with Crippen molar-refractivity contribution in [3.8, 4) is 0 Å². The standard InChI is InChI=1S/C16H17FN2O/c1-11-6-7-13(18)10-14(11)16(20)19-9-8-12-4-2-3-5-15(12)17/h2-7,10H,8-9,18H2,1H3,(H,19,20). The van der Waals surface area contributed by atoms with Crippen LogP contribution in [0.5, 0.6) is 0 Å². The fourth-order valence-electron chi connectivity index (χ4n) is 1.99. The van der Waals surface area contributed by atoms with Crippen LogP contribution in [0.3, 0.4) is 0 Å². The van der Waals surface area contributed by atoms with Crippen LogP contribution < -0.4 is 11.1 Å². The Morgan fingerprint density at radius 3 is 2.75 bits per heavy atom. The fraction of sp³-hybridized carbons (Fsp3) is 0.188. The van der Waals surface area contributed by atoms with Gasteiger partial charge in [0, 0.05) is 17.8 Å². The molecule has 0 radical (unpaired) electrons. The van der Waals surface area contributed by atoms with Crippen molar-refractivity contribution < 1.29 is 9.18 Å². The first kappa shape index (κ1) is 14.1. The highest BCUT2D eigenvalue weighted by Crippen LogP contribution is 2.12. The van der Waals surface area contributed by atoms with Crippen molar-refractivity contribution in [3.05, 3.63) is 65.0 Å². The number of carbonyl (C=O) groups excluding carboxylic acids is 1. The highest BCUT2D eigenvalue weighted by molar-refractivity contribution is 5.96. The molecule has 3 nitrogen and oxygen atoms in total. The third-order valence-corrected chi connectivity index (χ3v) is 3.14. The summed E-state index contributed by atoms with van der Waals surface area (Å²) in [5.74, 6) is -0.437. The van der Waals surface area contributed by atoms with Gasteiger partial charge in [-0.3, -0.25) is 4.79 Å². The number of carbonyl (C=O) groups is 1. The quantitative estimate of drug-likeness (QED) is 0.841. The van der Waals surface area contributed by atoms with Crippen LogP contribution in [0, 0.1) is 12.7 Å². The molecule has 0 aliphatic heterocycles. The normalized spacial score (nSPS) is 10.3. The molecular formula is C16H17FN2O. The summed E-state index contributed by atoms with van der Waals surface area (Å²) in [6.07, 6.45) is 0.458. The van der Waals surface area contributed by atoms with E-state index in [4.69, 9.17) is 5.73 Å². The number of amides is 1. The second kappa shape index (κ2) is 6.19. The number of aryl methyl sites for hydroxylation is 1. The van der Waals surface area contributed by atoms with E-state index in [-0.39, 0.29) is 11.7 Å². The van der Waals surface area contributed by atoms with E-state index >= 15 is 0 Å². The Morgan fingerprint density at radius 2 is 2.00 bits per heavy atom. The zero-order valence-corrected chi connectivity index (χ0v) is 11.3. The first-order valence-electron chi connectivity index (χ1n) is 6.45. The molecule has 4 heteroatoms. The number of hydrogen-bond acceptors (Lipinski definition) is 2. The lowest BCUT2D eigenvalue weighted by molar-refractivity contribution is 0.0953. The molecule has 0 spiro atoms. The van der Waals surface area contributed by atoms with Gasteiger partial charge in [0.05, 0.1) is 0 Å². The number of benzene rings is 2. The Bertz CT molecular complexity index is 626. The smallest absolute Gasteiger partial charge is 0.251 e. The summed E-state index contributed by atoms with van der Waals surface area (Å²) in [5.41, 5.74) is 8.24. The largest absolute Gasteiger partial charge is 0.399 e. The van der Waals surface area contributed by atoms with Crippen molar-refractivity contribution in [2.24, 2.45) is 0 Å². The minimum absolute atomic E-state index is 0.189. The van der Waals surface area contributed by atoms with Crippen LogP contribution in [0.25, 0.3) is 0 Å². The molecular weight excluding hydrogens is 255 g/mol. The summed E-state index contributed by atoms with van der Waals surface area (Å²) < 4.78 is 13.4. The minimum Gasteiger partial charge on any atom is -0.399 e. The van der Waals surface area contributed by atoms with Gasteiger partial charge in [0.25, 0.3) is 5.91 Å². The molecule has 0 aliphatic carbocycles. The average Bonchev–Trinajstić information content (AvgIpc) is 2.43. The molecule has 1 amide bonds. The molecule has 3 N–H and O–H groups in total. The van der Waals surface area contributed by atoms with E-state index in [0.29, 0.717) is 29.8 Å². The Morgan fingerprint density at radius 1 is 1.25 bits per heavy atom. The maximum absolute atomic E-state index is 13.4. The highest BCUT2D eigenvalue weighted by atomic mass is 19.1. The molecule has 0 saturated carbocycles. The monoisotopic (exact) mass is 272 g/mol. The van der Waals surface area contributed by atoms with Gasteiger partial charge in [-0.05, 0) is 42.7 Å². The second-order valence-corrected chi connectivity index (χ2v) is 4.67. The molecule has 0 bridgehead atoms. The first-order valence-corrected chi connectivity index (χ1v) is 6.45. The van der Waals surface area contributed by atoms with E-state index in [1.807, 2.05) is 6.92 Å². The average molecular weight is 272 g/mol. The molecule has 0 unspecified atom stereocenters. The predicted octanol–water partition coefficient (Wildman–Crippen LogP) is 2.69. The molecule has 0 atom stereocenters. The lowest BCUT2D eigenvalue weighted by atomic mass is 10.1. The molecule has 0 saturated heterocycles. The predicted molar refractivity (Wildman–Crippen MR) is 78.0 cm³/mol. The highest BCUT2D eigenvalue weighted by Gasteiger charge is 2.09. The van der Waals surface area contributed by atoms with E-state index in [2.05, 4.69) is 5.32 Å². The molecule has 0 aliphatic rings. The van der Waals surface area contributed by atoms with Crippen LogP contribution in [-0.2, 0) is 6.42 Å². The number of rotatable bonds is 4. The SMILES string of the molecule is Cc1ccc(N)cc1C(=O)NCCc1ccccc1F. The number of nitrogens with two attached hydrogens (primary N) is 1. The Labute approximate surface area is 117 Å². The van der Waals surface area contributed by atoms with Gasteiger partial charge in [-0.1, -0.05) is 24.3 Å². The molecule has 20 heavy (non-hydrogen) atoms. The van der Waals surface area contributed by atoms with Crippen molar-refractivity contribution >= 4 is 11.6 Å². The molecule has 0 fully saturated rings. The lowest BCUT2D eigenvalue weighted by Crippen LogP contribution is -2.26. The molecule has 0 heterocycles. The third-order valence-electron chi connectivity index (χ3n) is 3.14. The van der Waals surface area contributed by atoms with E-state index < -0.39 is 0 Å². The van der Waals surface area contributed by atoms with E-state index in [1.54, 1.807) is 36.4 Å². The van der Waals surface area contributed by atoms with Crippen LogP contribution in [-0.4, -0.2) is 12.5 Å². The van der Waals surface area contributed by atoms with Crippen LogP contribution in [0.4, 0.5) is 10.1 Å². The van der Waals surface area contributed by atoms with Gasteiger partial charge >= 0.3 is 0 Å². The summed E-state index contributed by atoms with van der Waals surface area (Å²) in [6, 6.07) is 11.8. The lowest BCUT2D eigenvalue weighted by Gasteiger charge is -2.09. The molecule has 2 aromatic carbocycles. The summed E-state index contributed by atoms with van der Waals surface area (Å²) in [7, 11) is 0. The first-order chi connectivity index (χ1) is 9.58. The van der Waals surface area contributed by atoms with Crippen molar-refractivity contribution in [1.29, 1.82) is 0 Å². The fourth-order valence-corrected chi connectivity index (χ4v) is 1.99. The van der Waals surface area contributed by atoms with Gasteiger partial charge in [-0.15, -0.1) is 0 Å². The number of hydrogen-bond donors (Lipinski definition) is 2. The second-order valence-electron chi connectivity index (χ2n) is 4.67. The van der Waals surface area contributed by atoms with Crippen LogP contribution in [0.1, 0.15) is 21.5 Å². The zero-order valence-electron chi connectivity index (χ0n) is 11.3. The number of anilines is 1. The van der Waals surface area contributed by atoms with Gasteiger partial charge in [-0.25, -0.2) is 4.39 Å². The third kappa shape index (κ3) is 3.35. The van der Waals surface area contributed by atoms with Crippen LogP contribution in [0.2, 0.25) is 0 Å². The van der Waals surface area contributed by atoms with E-state index in [0.717, 1.165) is 5.56 Å². The molecule has 2 aromatic rings. The summed E-state index contributed by atoms with van der Waals surface area (Å²) in [6.45, 7) is 2.24. The van der Waals surface area contributed by atoms with E-state index in [1.165, 1.54) is 6.07 Å². The van der Waals surface area contributed by atoms with Crippen molar-refractivity contribution in [1.82, 2.24) is 5.32 Å². The number of halogens is 1. The number of nitrogen functional groups attached to an aromatic ring is 1. The van der Waals surface area contributed by atoms with Gasteiger partial charge in [0.2, 0.25) is 0 Å². The molecule has 104 valence electrons. The van der Waals surface area contributed by atoms with Crippen molar-refractivity contribution in [2.45, 2.75) is 13.3 Å². The van der Waals surface area contributed by atoms with Gasteiger partial charge in [0.15, 0.2) is 0 Å². The zero-order chi connectivity index (χ0) is 14.5. The van der Waals surface area contributed by atoms with Crippen LogP contribution >= 0.6 is 0 Å². The van der Waals surface area contributed by atoms with Gasteiger partial charge < -0.3 is 11.1 Å². The minimum atomic E-state index is -0.248. The van der Waals surface area contributed by atoms with Crippen molar-refractivity contribution in [2.75, 3.05) is 12.3 Å². The topological polar surface area (TPSA) is 55.1 Å². The Kier molecular flexibility index (Phi) is 4.35. The van der Waals surface area contributed by atoms with E-state index in [9.17, 15) is 9.18 Å². The van der Waals surface area contributed by atoms with Crippen molar-refractivity contribution in [3.63, 3.8) is 0 Å². The Hall–Kier alpha value is -2.36. The summed E-state index contributed by atoms with van der Waals surface area (Å²) in [4.78, 5) is 12.0. The van der Waals surface area contributed by atoms with Gasteiger partial charge in [0.1, 0.15) is 5.82 Å². The molecule has 0 aromatic heterocycles.